The van der Waals surface area contributed by atoms with E-state index < -0.39 is 12.0 Å². The van der Waals surface area contributed by atoms with Crippen molar-refractivity contribution in [1.29, 1.82) is 0 Å². The molecule has 0 aliphatic rings. The number of hydrogen-bond acceptors (Lipinski definition) is 3. The molecule has 0 saturated heterocycles. The van der Waals surface area contributed by atoms with E-state index in [2.05, 4.69) is 10.3 Å². The number of carboxylic acid groups (broad SMARTS) is 1. The quantitative estimate of drug-likeness (QED) is 0.761. The summed E-state index contributed by atoms with van der Waals surface area (Å²) in [5.74, 6) is -0.677. The summed E-state index contributed by atoms with van der Waals surface area (Å²) in [4.78, 5) is 26.4. The Kier molecular flexibility index (Phi) is 4.68. The summed E-state index contributed by atoms with van der Waals surface area (Å²) in [6.07, 6.45) is 4.07. The first-order valence-electron chi connectivity index (χ1n) is 6.22. The van der Waals surface area contributed by atoms with E-state index in [4.69, 9.17) is 5.11 Å². The average Bonchev–Trinajstić information content (AvgIpc) is 2.90. The zero-order valence-corrected chi connectivity index (χ0v) is 11.9. The number of benzene rings is 1. The Labute approximate surface area is 120 Å². The molecule has 0 fully saturated rings. The molecule has 2 aromatic rings. The van der Waals surface area contributed by atoms with Gasteiger partial charge in [0.2, 0.25) is 0 Å². The summed E-state index contributed by atoms with van der Waals surface area (Å²) in [5.41, 5.74) is 1.34. The van der Waals surface area contributed by atoms with Crippen molar-refractivity contribution in [2.75, 3.05) is 12.0 Å². The summed E-state index contributed by atoms with van der Waals surface area (Å²) in [6.45, 7) is 0. The van der Waals surface area contributed by atoms with Crippen LogP contribution in [0.5, 0.6) is 0 Å². The van der Waals surface area contributed by atoms with Crippen LogP contribution in [0.4, 0.5) is 0 Å². The minimum absolute atomic E-state index is 0.358. The van der Waals surface area contributed by atoms with Gasteiger partial charge in [0.25, 0.3) is 5.91 Å². The normalized spacial score (nSPS) is 12.2. The van der Waals surface area contributed by atoms with E-state index in [1.807, 2.05) is 18.4 Å². The van der Waals surface area contributed by atoms with Crippen molar-refractivity contribution in [2.45, 2.75) is 12.5 Å². The molecule has 3 N–H and O–H groups in total. The maximum Gasteiger partial charge on any atom is 0.326 e. The molecule has 1 atom stereocenters. The van der Waals surface area contributed by atoms with E-state index in [9.17, 15) is 9.59 Å². The number of rotatable bonds is 6. The molecule has 1 aromatic carbocycles. The summed E-state index contributed by atoms with van der Waals surface area (Å²) in [7, 11) is 0. The molecule has 0 aliphatic heterocycles. The number of aliphatic carboxylic acids is 1. The van der Waals surface area contributed by atoms with Gasteiger partial charge in [0.05, 0.1) is 0 Å². The second kappa shape index (κ2) is 6.47. The molecule has 5 nitrogen and oxygen atoms in total. The number of carbonyl (C=O) groups excluding carboxylic acids is 1. The molecule has 0 bridgehead atoms. The van der Waals surface area contributed by atoms with Crippen LogP contribution in [0.3, 0.4) is 0 Å². The molecule has 0 saturated carbocycles. The monoisotopic (exact) mass is 292 g/mol. The number of carboxylic acids is 1. The number of aromatic nitrogens is 1. The van der Waals surface area contributed by atoms with Crippen LogP contribution in [-0.2, 0) is 4.79 Å². The lowest BCUT2D eigenvalue weighted by atomic mass is 10.1. The topological polar surface area (TPSA) is 82.2 Å². The van der Waals surface area contributed by atoms with Crippen LogP contribution in [0.15, 0.2) is 30.5 Å². The minimum Gasteiger partial charge on any atom is -0.480 e. The first-order chi connectivity index (χ1) is 9.63. The predicted octanol–water partition coefficient (Wildman–Crippen LogP) is 2.10. The van der Waals surface area contributed by atoms with Gasteiger partial charge in [-0.15, -0.1) is 0 Å². The number of hydrogen-bond donors (Lipinski definition) is 3. The van der Waals surface area contributed by atoms with Gasteiger partial charge in [-0.25, -0.2) is 4.79 Å². The SMILES string of the molecule is CSCC[C@@H](NC(=O)c1cccc2[nH]ccc12)C(=O)O. The summed E-state index contributed by atoms with van der Waals surface area (Å²) in [5, 5.41) is 12.5. The van der Waals surface area contributed by atoms with E-state index in [0.29, 0.717) is 17.7 Å². The predicted molar refractivity (Wildman–Crippen MR) is 80.2 cm³/mol. The zero-order valence-electron chi connectivity index (χ0n) is 11.1. The highest BCUT2D eigenvalue weighted by atomic mass is 32.2. The third kappa shape index (κ3) is 3.14. The molecular formula is C14H16N2O3S. The fourth-order valence-corrected chi connectivity index (χ4v) is 2.48. The van der Waals surface area contributed by atoms with Gasteiger partial charge in [-0.2, -0.15) is 11.8 Å². The van der Waals surface area contributed by atoms with Gasteiger partial charge in [0, 0.05) is 22.7 Å². The van der Waals surface area contributed by atoms with E-state index in [1.54, 1.807) is 30.1 Å². The number of fused-ring (bicyclic) bond motifs is 1. The molecule has 20 heavy (non-hydrogen) atoms. The zero-order chi connectivity index (χ0) is 14.5. The van der Waals surface area contributed by atoms with Gasteiger partial charge in [-0.1, -0.05) is 6.07 Å². The van der Waals surface area contributed by atoms with E-state index >= 15 is 0 Å². The third-order valence-electron chi connectivity index (χ3n) is 3.05. The van der Waals surface area contributed by atoms with Crippen molar-refractivity contribution < 1.29 is 14.7 Å². The van der Waals surface area contributed by atoms with E-state index in [-0.39, 0.29) is 5.91 Å². The van der Waals surface area contributed by atoms with Crippen LogP contribution in [-0.4, -0.2) is 40.0 Å². The highest BCUT2D eigenvalue weighted by Crippen LogP contribution is 2.17. The molecular weight excluding hydrogens is 276 g/mol. The summed E-state index contributed by atoms with van der Waals surface area (Å²) < 4.78 is 0. The summed E-state index contributed by atoms with van der Waals surface area (Å²) in [6, 6.07) is 6.28. The van der Waals surface area contributed by atoms with Crippen molar-refractivity contribution in [3.8, 4) is 0 Å². The lowest BCUT2D eigenvalue weighted by Crippen LogP contribution is -2.41. The van der Waals surface area contributed by atoms with E-state index in [1.165, 1.54) is 0 Å². The van der Waals surface area contributed by atoms with Gasteiger partial charge in [0.15, 0.2) is 0 Å². The maximum absolute atomic E-state index is 12.2. The van der Waals surface area contributed by atoms with Crippen molar-refractivity contribution in [3.05, 3.63) is 36.0 Å². The lowest BCUT2D eigenvalue weighted by Gasteiger charge is -2.14. The van der Waals surface area contributed by atoms with Crippen molar-refractivity contribution >= 4 is 34.5 Å². The molecule has 6 heteroatoms. The number of aromatic amines is 1. The van der Waals surface area contributed by atoms with Gasteiger partial charge >= 0.3 is 5.97 Å². The second-order valence-electron chi connectivity index (χ2n) is 4.39. The number of H-pyrrole nitrogens is 1. The highest BCUT2D eigenvalue weighted by molar-refractivity contribution is 7.98. The van der Waals surface area contributed by atoms with Gasteiger partial charge in [0.1, 0.15) is 6.04 Å². The molecule has 0 unspecified atom stereocenters. The van der Waals surface area contributed by atoms with Crippen LogP contribution in [0, 0.1) is 0 Å². The molecule has 1 amide bonds. The van der Waals surface area contributed by atoms with Gasteiger partial charge in [-0.05, 0) is 36.6 Å². The largest absolute Gasteiger partial charge is 0.480 e. The van der Waals surface area contributed by atoms with Crippen molar-refractivity contribution in [2.24, 2.45) is 0 Å². The first kappa shape index (κ1) is 14.5. The fraction of sp³-hybridized carbons (Fsp3) is 0.286. The smallest absolute Gasteiger partial charge is 0.326 e. The molecule has 0 aliphatic carbocycles. The number of carbonyl (C=O) groups is 2. The Hall–Kier alpha value is -1.95. The Bertz CT molecular complexity index is 624. The van der Waals surface area contributed by atoms with Crippen LogP contribution in [0.2, 0.25) is 0 Å². The van der Waals surface area contributed by atoms with Crippen LogP contribution >= 0.6 is 11.8 Å². The second-order valence-corrected chi connectivity index (χ2v) is 5.38. The molecule has 106 valence electrons. The molecule has 0 radical (unpaired) electrons. The molecule has 1 aromatic heterocycles. The Balaban J connectivity index is 2.18. The maximum atomic E-state index is 12.2. The van der Waals surface area contributed by atoms with Crippen LogP contribution in [0.25, 0.3) is 10.9 Å². The third-order valence-corrected chi connectivity index (χ3v) is 3.70. The number of amides is 1. The highest BCUT2D eigenvalue weighted by Gasteiger charge is 2.21. The average molecular weight is 292 g/mol. The number of nitrogens with one attached hydrogen (secondary N) is 2. The lowest BCUT2D eigenvalue weighted by molar-refractivity contribution is -0.139. The van der Waals surface area contributed by atoms with Gasteiger partial charge in [-0.3, -0.25) is 4.79 Å². The molecule has 2 rings (SSSR count). The van der Waals surface area contributed by atoms with E-state index in [0.717, 1.165) is 10.9 Å². The first-order valence-corrected chi connectivity index (χ1v) is 7.61. The standard InChI is InChI=1S/C14H16N2O3S/c1-20-8-6-12(14(18)19)16-13(17)10-3-2-4-11-9(10)5-7-15-11/h2-5,7,12,15H,6,8H2,1H3,(H,16,17)(H,18,19)/t12-/m1/s1. The van der Waals surface area contributed by atoms with Gasteiger partial charge < -0.3 is 15.4 Å². The van der Waals surface area contributed by atoms with Crippen molar-refractivity contribution in [3.63, 3.8) is 0 Å². The molecule has 0 spiro atoms. The molecule has 1 heterocycles. The van der Waals surface area contributed by atoms with Crippen molar-refractivity contribution in [1.82, 2.24) is 10.3 Å². The van der Waals surface area contributed by atoms with Crippen LogP contribution in [0.1, 0.15) is 16.8 Å². The van der Waals surface area contributed by atoms with Crippen LogP contribution < -0.4 is 5.32 Å². The Morgan fingerprint density at radius 1 is 1.40 bits per heavy atom. The minimum atomic E-state index is -1.01. The fourth-order valence-electron chi connectivity index (χ4n) is 2.01. The number of thioether (sulfide) groups is 1. The Morgan fingerprint density at radius 2 is 2.20 bits per heavy atom. The summed E-state index contributed by atoms with van der Waals surface area (Å²) >= 11 is 1.55. The Morgan fingerprint density at radius 3 is 2.90 bits per heavy atom.